The summed E-state index contributed by atoms with van der Waals surface area (Å²) in [6.07, 6.45) is 5.03. The fraction of sp³-hybridized carbons (Fsp3) is 0.773. The van der Waals surface area contributed by atoms with Gasteiger partial charge in [-0.25, -0.2) is 0 Å². The molecule has 6 heteroatoms. The van der Waals surface area contributed by atoms with Crippen LogP contribution >= 0.6 is 0 Å². The molecule has 1 aliphatic heterocycles. The van der Waals surface area contributed by atoms with Crippen molar-refractivity contribution >= 4 is 17.7 Å². The summed E-state index contributed by atoms with van der Waals surface area (Å²) in [5.74, 6) is -0.544. The highest BCUT2D eigenvalue weighted by Gasteiger charge is 2.76. The third-order valence-electron chi connectivity index (χ3n) is 9.06. The third kappa shape index (κ3) is 1.95. The number of ketones is 1. The maximum atomic E-state index is 13.6. The molecule has 6 aliphatic rings. The molecule has 6 nitrogen and oxygen atoms in total. The molecule has 0 amide bonds. The van der Waals surface area contributed by atoms with E-state index in [0.29, 0.717) is 25.0 Å². The van der Waals surface area contributed by atoms with Crippen LogP contribution in [-0.4, -0.2) is 37.0 Å². The van der Waals surface area contributed by atoms with Gasteiger partial charge in [-0.15, -0.1) is 0 Å². The van der Waals surface area contributed by atoms with Gasteiger partial charge in [0.2, 0.25) is 0 Å². The second-order valence-electron chi connectivity index (χ2n) is 10.0. The van der Waals surface area contributed by atoms with Crippen LogP contribution in [0.2, 0.25) is 0 Å². The molecular formula is C22H29NO5. The van der Waals surface area contributed by atoms with E-state index in [1.54, 1.807) is 0 Å². The van der Waals surface area contributed by atoms with Gasteiger partial charge in [-0.3, -0.25) is 14.4 Å². The highest BCUT2D eigenvalue weighted by atomic mass is 16.5. The molecule has 6 rings (SSSR count). The Morgan fingerprint density at radius 1 is 1.21 bits per heavy atom. The number of esters is 2. The quantitative estimate of drug-likeness (QED) is 0.576. The Balaban J connectivity index is 1.69. The summed E-state index contributed by atoms with van der Waals surface area (Å²) in [6.45, 7) is 6.49. The summed E-state index contributed by atoms with van der Waals surface area (Å²) < 4.78 is 11.6. The molecule has 3 unspecified atom stereocenters. The molecule has 0 aromatic carbocycles. The van der Waals surface area contributed by atoms with Gasteiger partial charge >= 0.3 is 11.9 Å². The van der Waals surface area contributed by atoms with Gasteiger partial charge in [0.25, 0.3) is 0 Å². The summed E-state index contributed by atoms with van der Waals surface area (Å²) in [4.78, 5) is 39.1. The number of fused-ring (bicyclic) bond motifs is 2. The molecule has 2 N–H and O–H groups in total. The average molecular weight is 387 g/mol. The topological polar surface area (TPSA) is 95.7 Å². The Bertz CT molecular complexity index is 792. The third-order valence-corrected chi connectivity index (χ3v) is 9.06. The molecule has 0 aromatic rings. The lowest BCUT2D eigenvalue weighted by Crippen LogP contribution is -2.73. The molecule has 1 saturated heterocycles. The van der Waals surface area contributed by atoms with Gasteiger partial charge in [0, 0.05) is 5.41 Å². The number of nitrogens with two attached hydrogens (primary N) is 1. The van der Waals surface area contributed by atoms with Crippen LogP contribution in [0, 0.1) is 34.0 Å². The molecule has 5 saturated carbocycles. The van der Waals surface area contributed by atoms with Crippen LogP contribution in [0.1, 0.15) is 51.9 Å². The Labute approximate surface area is 165 Å². The molecule has 5 aliphatic carbocycles. The van der Waals surface area contributed by atoms with Crippen molar-refractivity contribution in [3.8, 4) is 0 Å². The van der Waals surface area contributed by atoms with Gasteiger partial charge in [-0.1, -0.05) is 19.9 Å². The summed E-state index contributed by atoms with van der Waals surface area (Å²) in [7, 11) is 0. The van der Waals surface area contributed by atoms with Crippen molar-refractivity contribution < 1.29 is 23.9 Å². The van der Waals surface area contributed by atoms with E-state index in [1.807, 2.05) is 0 Å². The first-order valence-electron chi connectivity index (χ1n) is 10.6. The zero-order valence-electron chi connectivity index (χ0n) is 16.5. The smallest absolute Gasteiger partial charge is 0.320 e. The van der Waals surface area contributed by atoms with Crippen molar-refractivity contribution in [1.29, 1.82) is 0 Å². The van der Waals surface area contributed by atoms with Crippen molar-refractivity contribution in [3.05, 3.63) is 12.2 Å². The van der Waals surface area contributed by atoms with Gasteiger partial charge in [0.1, 0.15) is 6.10 Å². The average Bonchev–Trinajstić information content (AvgIpc) is 2.69. The Hall–Kier alpha value is -1.69. The van der Waals surface area contributed by atoms with Crippen LogP contribution in [0.5, 0.6) is 0 Å². The second kappa shape index (κ2) is 5.68. The van der Waals surface area contributed by atoms with Gasteiger partial charge < -0.3 is 15.2 Å². The molecular weight excluding hydrogens is 358 g/mol. The number of hydrogen-bond acceptors (Lipinski definition) is 6. The lowest BCUT2D eigenvalue weighted by atomic mass is 9.35. The number of ether oxygens (including phenoxy) is 2. The highest BCUT2D eigenvalue weighted by Crippen LogP contribution is 2.73. The standard InChI is InChI=1S/C22H29NO5/c1-12-13-4-7-22(18(12)25)15(8-13)21-6-3-5-20(2,11-27-19(21)26)14(21)9-16(22)28-17(24)10-23/h13-16H,1,3-11,23H2,2H3/t13-,14?,15?,16+,20-,21?,22+/m0/s1. The zero-order chi connectivity index (χ0) is 19.9. The van der Waals surface area contributed by atoms with E-state index in [2.05, 4.69) is 13.5 Å². The number of Topliss-reactive ketones (excluding diaryl/α,β-unsaturated/α-hetero) is 1. The van der Waals surface area contributed by atoms with E-state index in [-0.39, 0.29) is 41.5 Å². The maximum absolute atomic E-state index is 13.6. The number of rotatable bonds is 2. The number of hydrogen-bond donors (Lipinski definition) is 1. The first-order chi connectivity index (χ1) is 13.3. The van der Waals surface area contributed by atoms with Crippen molar-refractivity contribution in [2.45, 2.75) is 58.0 Å². The van der Waals surface area contributed by atoms with Crippen LogP contribution in [-0.2, 0) is 23.9 Å². The molecule has 1 heterocycles. The Morgan fingerprint density at radius 2 is 2.00 bits per heavy atom. The largest absolute Gasteiger partial charge is 0.465 e. The van der Waals surface area contributed by atoms with Crippen LogP contribution in [0.25, 0.3) is 0 Å². The van der Waals surface area contributed by atoms with Gasteiger partial charge in [0.15, 0.2) is 5.78 Å². The molecule has 1 spiro atoms. The number of carbonyl (C=O) groups excluding carboxylic acids is 3. The van der Waals surface area contributed by atoms with Gasteiger partial charge in [0.05, 0.1) is 24.0 Å². The number of carbonyl (C=O) groups is 3. The Kier molecular flexibility index (Phi) is 3.72. The van der Waals surface area contributed by atoms with E-state index in [4.69, 9.17) is 15.2 Å². The van der Waals surface area contributed by atoms with E-state index in [1.165, 1.54) is 0 Å². The van der Waals surface area contributed by atoms with Crippen molar-refractivity contribution in [2.75, 3.05) is 13.2 Å². The predicted molar refractivity (Wildman–Crippen MR) is 99.8 cm³/mol. The first-order valence-corrected chi connectivity index (χ1v) is 10.6. The van der Waals surface area contributed by atoms with E-state index >= 15 is 0 Å². The summed E-state index contributed by atoms with van der Waals surface area (Å²) in [5, 5.41) is 0. The van der Waals surface area contributed by atoms with Crippen molar-refractivity contribution in [2.24, 2.45) is 39.7 Å². The van der Waals surface area contributed by atoms with Gasteiger partial charge in [-0.2, -0.15) is 0 Å². The molecule has 6 fully saturated rings. The highest BCUT2D eigenvalue weighted by molar-refractivity contribution is 6.03. The normalized spacial score (nSPS) is 49.1. The number of allylic oxidation sites excluding steroid dienone is 1. The molecule has 0 aromatic heterocycles. The fourth-order valence-corrected chi connectivity index (χ4v) is 7.85. The van der Waals surface area contributed by atoms with E-state index in [0.717, 1.165) is 32.1 Å². The van der Waals surface area contributed by atoms with E-state index < -0.39 is 22.9 Å². The molecule has 0 radical (unpaired) electrons. The molecule has 152 valence electrons. The second-order valence-corrected chi connectivity index (χ2v) is 10.0. The molecule has 28 heavy (non-hydrogen) atoms. The SMILES string of the molecule is C=C1C(=O)[C@]23CC[C@H]1CC2C12CCC[C@@](C)(COC1=O)C2C[C@H]3OC(=O)CN. The van der Waals surface area contributed by atoms with Crippen molar-refractivity contribution in [3.63, 3.8) is 0 Å². The van der Waals surface area contributed by atoms with Gasteiger partial charge in [-0.05, 0) is 61.9 Å². The Morgan fingerprint density at radius 3 is 2.75 bits per heavy atom. The fourth-order valence-electron chi connectivity index (χ4n) is 7.85. The van der Waals surface area contributed by atoms with Crippen LogP contribution in [0.15, 0.2) is 12.2 Å². The summed E-state index contributed by atoms with van der Waals surface area (Å²) >= 11 is 0. The summed E-state index contributed by atoms with van der Waals surface area (Å²) in [6, 6.07) is 0. The lowest BCUT2D eigenvalue weighted by Gasteiger charge is -2.69. The minimum atomic E-state index is -0.845. The number of cyclic esters (lactones) is 1. The van der Waals surface area contributed by atoms with Crippen LogP contribution in [0.4, 0.5) is 0 Å². The van der Waals surface area contributed by atoms with Crippen LogP contribution < -0.4 is 5.73 Å². The lowest BCUT2D eigenvalue weighted by molar-refractivity contribution is -0.257. The van der Waals surface area contributed by atoms with Crippen LogP contribution in [0.3, 0.4) is 0 Å². The molecule has 4 bridgehead atoms. The predicted octanol–water partition coefficient (Wildman–Crippen LogP) is 2.15. The zero-order valence-corrected chi connectivity index (χ0v) is 16.5. The summed E-state index contributed by atoms with van der Waals surface area (Å²) in [5.41, 5.74) is 4.57. The minimum absolute atomic E-state index is 0.00768. The van der Waals surface area contributed by atoms with E-state index in [9.17, 15) is 14.4 Å². The monoisotopic (exact) mass is 387 g/mol. The molecule has 7 atom stereocenters. The first kappa shape index (κ1) is 18.3. The maximum Gasteiger partial charge on any atom is 0.320 e. The van der Waals surface area contributed by atoms with Crippen molar-refractivity contribution in [1.82, 2.24) is 0 Å². The minimum Gasteiger partial charge on any atom is -0.465 e.